The molecule has 0 N–H and O–H groups in total. The second kappa shape index (κ2) is 6.85. The molecule has 0 aliphatic carbocycles. The van der Waals surface area contributed by atoms with Gasteiger partial charge in [-0.1, -0.05) is 12.1 Å². The standard InChI is InChI=1S/C17H20N2OS/c20-17(11-16-6-3-9-21-16)19-8-2-5-15(13-19)10-14-4-1-7-18-12-14/h1,3-4,6-7,9,12,15H,2,5,8,10-11,13H2. The van der Waals surface area contributed by atoms with Gasteiger partial charge in [-0.15, -0.1) is 11.3 Å². The van der Waals surface area contributed by atoms with Crippen LogP contribution in [-0.2, 0) is 17.6 Å². The SMILES string of the molecule is O=C(Cc1cccs1)N1CCCC(Cc2cccnc2)C1. The van der Waals surface area contributed by atoms with Gasteiger partial charge in [0.15, 0.2) is 0 Å². The van der Waals surface area contributed by atoms with Gasteiger partial charge in [0.05, 0.1) is 6.42 Å². The highest BCUT2D eigenvalue weighted by atomic mass is 32.1. The number of nitrogens with zero attached hydrogens (tertiary/aromatic N) is 2. The maximum absolute atomic E-state index is 12.4. The van der Waals surface area contributed by atoms with Crippen molar-refractivity contribution >= 4 is 17.2 Å². The zero-order valence-electron chi connectivity index (χ0n) is 12.1. The number of pyridine rings is 1. The number of rotatable bonds is 4. The van der Waals surface area contributed by atoms with Gasteiger partial charge in [0, 0.05) is 30.4 Å². The highest BCUT2D eigenvalue weighted by molar-refractivity contribution is 7.10. The Morgan fingerprint density at radius 1 is 1.38 bits per heavy atom. The number of thiophene rings is 1. The summed E-state index contributed by atoms with van der Waals surface area (Å²) in [6, 6.07) is 8.16. The van der Waals surface area contributed by atoms with E-state index in [4.69, 9.17) is 0 Å². The van der Waals surface area contributed by atoms with Crippen molar-refractivity contribution in [3.63, 3.8) is 0 Å². The predicted octanol–water partition coefficient (Wildman–Crippen LogP) is 3.17. The van der Waals surface area contributed by atoms with Gasteiger partial charge in [0.1, 0.15) is 0 Å². The van der Waals surface area contributed by atoms with Crippen LogP contribution in [0.5, 0.6) is 0 Å². The molecule has 1 amide bonds. The van der Waals surface area contributed by atoms with E-state index in [9.17, 15) is 4.79 Å². The van der Waals surface area contributed by atoms with Gasteiger partial charge in [-0.05, 0) is 48.3 Å². The third-order valence-corrected chi connectivity index (χ3v) is 4.90. The van der Waals surface area contributed by atoms with Gasteiger partial charge < -0.3 is 4.90 Å². The Morgan fingerprint density at radius 3 is 3.10 bits per heavy atom. The smallest absolute Gasteiger partial charge is 0.227 e. The number of aromatic nitrogens is 1. The van der Waals surface area contributed by atoms with Crippen LogP contribution in [0.4, 0.5) is 0 Å². The first-order chi connectivity index (χ1) is 10.3. The summed E-state index contributed by atoms with van der Waals surface area (Å²) in [6.45, 7) is 1.80. The molecule has 0 radical (unpaired) electrons. The summed E-state index contributed by atoms with van der Waals surface area (Å²) < 4.78 is 0. The Hall–Kier alpha value is -1.68. The lowest BCUT2D eigenvalue weighted by Crippen LogP contribution is -2.41. The molecule has 1 fully saturated rings. The molecule has 3 heterocycles. The average molecular weight is 300 g/mol. The van der Waals surface area contributed by atoms with Crippen LogP contribution in [0.1, 0.15) is 23.3 Å². The number of amides is 1. The van der Waals surface area contributed by atoms with Crippen LogP contribution >= 0.6 is 11.3 Å². The Balaban J connectivity index is 1.56. The molecule has 1 saturated heterocycles. The van der Waals surface area contributed by atoms with E-state index in [-0.39, 0.29) is 5.91 Å². The van der Waals surface area contributed by atoms with Gasteiger partial charge >= 0.3 is 0 Å². The molecule has 3 rings (SSSR count). The molecular formula is C17H20N2OS. The molecule has 2 aromatic heterocycles. The molecule has 1 aliphatic rings. The first-order valence-corrected chi connectivity index (χ1v) is 8.38. The molecule has 21 heavy (non-hydrogen) atoms. The van der Waals surface area contributed by atoms with Gasteiger partial charge in [-0.25, -0.2) is 0 Å². The summed E-state index contributed by atoms with van der Waals surface area (Å²) in [6.07, 6.45) is 7.64. The van der Waals surface area contributed by atoms with Gasteiger partial charge in [-0.2, -0.15) is 0 Å². The highest BCUT2D eigenvalue weighted by Crippen LogP contribution is 2.21. The first kappa shape index (κ1) is 14.3. The summed E-state index contributed by atoms with van der Waals surface area (Å²) in [5, 5.41) is 2.03. The molecule has 0 aromatic carbocycles. The molecule has 110 valence electrons. The Labute approximate surface area is 129 Å². The van der Waals surface area contributed by atoms with Crippen molar-refractivity contribution in [1.29, 1.82) is 0 Å². The van der Waals surface area contributed by atoms with Crippen LogP contribution in [0.2, 0.25) is 0 Å². The fraction of sp³-hybridized carbons (Fsp3) is 0.412. The van der Waals surface area contributed by atoms with E-state index in [0.29, 0.717) is 12.3 Å². The summed E-state index contributed by atoms with van der Waals surface area (Å²) in [4.78, 5) is 19.8. The van der Waals surface area contributed by atoms with Crippen LogP contribution in [0, 0.1) is 5.92 Å². The van der Waals surface area contributed by atoms with E-state index in [1.807, 2.05) is 34.7 Å². The van der Waals surface area contributed by atoms with E-state index in [1.54, 1.807) is 17.5 Å². The maximum atomic E-state index is 12.4. The Bertz CT molecular complexity index is 568. The molecule has 1 atom stereocenters. The topological polar surface area (TPSA) is 33.2 Å². The van der Waals surface area contributed by atoms with Crippen LogP contribution in [0.3, 0.4) is 0 Å². The minimum atomic E-state index is 0.272. The second-order valence-corrected chi connectivity index (χ2v) is 6.70. The number of hydrogen-bond donors (Lipinski definition) is 0. The molecule has 4 heteroatoms. The number of hydrogen-bond acceptors (Lipinski definition) is 3. The molecule has 0 spiro atoms. The fourth-order valence-electron chi connectivity index (χ4n) is 2.98. The van der Waals surface area contributed by atoms with Gasteiger partial charge in [-0.3, -0.25) is 9.78 Å². The summed E-state index contributed by atoms with van der Waals surface area (Å²) >= 11 is 1.66. The molecule has 3 nitrogen and oxygen atoms in total. The zero-order valence-corrected chi connectivity index (χ0v) is 12.9. The van der Waals surface area contributed by atoms with Crippen molar-refractivity contribution in [2.24, 2.45) is 5.92 Å². The third-order valence-electron chi connectivity index (χ3n) is 4.02. The largest absolute Gasteiger partial charge is 0.342 e. The lowest BCUT2D eigenvalue weighted by Gasteiger charge is -2.33. The number of likely N-dealkylation sites (tertiary alicyclic amines) is 1. The molecule has 2 aromatic rings. The van der Waals surface area contributed by atoms with Crippen molar-refractivity contribution < 1.29 is 4.79 Å². The van der Waals surface area contributed by atoms with Crippen LogP contribution in [-0.4, -0.2) is 28.9 Å². The monoisotopic (exact) mass is 300 g/mol. The molecule has 1 aliphatic heterocycles. The van der Waals surface area contributed by atoms with Gasteiger partial charge in [0.25, 0.3) is 0 Å². The fourth-order valence-corrected chi connectivity index (χ4v) is 3.68. The number of piperidine rings is 1. The first-order valence-electron chi connectivity index (χ1n) is 7.50. The number of carbonyl (C=O) groups excluding carboxylic acids is 1. The quantitative estimate of drug-likeness (QED) is 0.869. The van der Waals surface area contributed by atoms with Crippen LogP contribution in [0.15, 0.2) is 42.0 Å². The Kier molecular flexibility index (Phi) is 4.65. The molecular weight excluding hydrogens is 280 g/mol. The molecule has 0 saturated carbocycles. The van der Waals surface area contributed by atoms with Crippen LogP contribution < -0.4 is 0 Å². The van der Waals surface area contributed by atoms with Crippen molar-refractivity contribution in [2.45, 2.75) is 25.7 Å². The van der Waals surface area contributed by atoms with Crippen molar-refractivity contribution in [1.82, 2.24) is 9.88 Å². The summed E-state index contributed by atoms with van der Waals surface area (Å²) in [7, 11) is 0. The van der Waals surface area contributed by atoms with E-state index in [2.05, 4.69) is 11.1 Å². The minimum Gasteiger partial charge on any atom is -0.342 e. The minimum absolute atomic E-state index is 0.272. The maximum Gasteiger partial charge on any atom is 0.227 e. The van der Waals surface area contributed by atoms with Crippen LogP contribution in [0.25, 0.3) is 0 Å². The zero-order chi connectivity index (χ0) is 14.5. The molecule has 1 unspecified atom stereocenters. The van der Waals surface area contributed by atoms with Gasteiger partial charge in [0.2, 0.25) is 5.91 Å². The summed E-state index contributed by atoms with van der Waals surface area (Å²) in [5.74, 6) is 0.837. The molecule has 0 bridgehead atoms. The van der Waals surface area contributed by atoms with Crippen molar-refractivity contribution in [3.05, 3.63) is 52.5 Å². The lowest BCUT2D eigenvalue weighted by atomic mass is 9.91. The average Bonchev–Trinajstić information content (AvgIpc) is 3.01. The second-order valence-electron chi connectivity index (χ2n) is 5.67. The Morgan fingerprint density at radius 2 is 2.33 bits per heavy atom. The van der Waals surface area contributed by atoms with Crippen molar-refractivity contribution in [2.75, 3.05) is 13.1 Å². The van der Waals surface area contributed by atoms with E-state index >= 15 is 0 Å². The normalized spacial score (nSPS) is 18.7. The number of carbonyl (C=O) groups is 1. The van der Waals surface area contributed by atoms with Crippen molar-refractivity contribution in [3.8, 4) is 0 Å². The highest BCUT2D eigenvalue weighted by Gasteiger charge is 2.23. The van der Waals surface area contributed by atoms with E-state index in [1.165, 1.54) is 12.0 Å². The van der Waals surface area contributed by atoms with E-state index in [0.717, 1.165) is 30.8 Å². The van der Waals surface area contributed by atoms with E-state index < -0.39 is 0 Å². The third kappa shape index (κ3) is 3.91. The predicted molar refractivity (Wildman–Crippen MR) is 85.3 cm³/mol. The lowest BCUT2D eigenvalue weighted by molar-refractivity contribution is -0.132. The summed E-state index contributed by atoms with van der Waals surface area (Å²) in [5.41, 5.74) is 1.27.